The van der Waals surface area contributed by atoms with Crippen LogP contribution < -0.4 is 5.32 Å². The second kappa shape index (κ2) is 5.21. The Labute approximate surface area is 113 Å². The molecule has 0 saturated carbocycles. The average molecular weight is 260 g/mol. The molecule has 0 spiro atoms. The van der Waals surface area contributed by atoms with Gasteiger partial charge < -0.3 is 15.0 Å². The summed E-state index contributed by atoms with van der Waals surface area (Å²) < 4.78 is 5.44. The maximum Gasteiger partial charge on any atom is 0.410 e. The molecule has 3 unspecified atom stereocenters. The first-order chi connectivity index (χ1) is 9.29. The lowest BCUT2D eigenvalue weighted by Gasteiger charge is -2.23. The maximum atomic E-state index is 12.2. The highest BCUT2D eigenvalue weighted by Crippen LogP contribution is 2.38. The topological polar surface area (TPSA) is 41.6 Å². The third-order valence-corrected chi connectivity index (χ3v) is 4.32. The fourth-order valence-electron chi connectivity index (χ4n) is 3.38. The zero-order valence-corrected chi connectivity index (χ0v) is 11.2. The minimum Gasteiger partial charge on any atom is -0.445 e. The van der Waals surface area contributed by atoms with Crippen LogP contribution in [-0.2, 0) is 11.3 Å². The zero-order chi connectivity index (χ0) is 13.2. The third-order valence-electron chi connectivity index (χ3n) is 4.32. The summed E-state index contributed by atoms with van der Waals surface area (Å²) in [6.07, 6.45) is 3.11. The monoisotopic (exact) mass is 260 g/mol. The number of carbonyl (C=O) groups excluding carboxylic acids is 1. The van der Waals surface area contributed by atoms with E-state index in [1.807, 2.05) is 42.3 Å². The highest BCUT2D eigenvalue weighted by molar-refractivity contribution is 5.69. The van der Waals surface area contributed by atoms with Crippen molar-refractivity contribution in [2.45, 2.75) is 44.0 Å². The van der Waals surface area contributed by atoms with E-state index in [1.54, 1.807) is 0 Å². The zero-order valence-electron chi connectivity index (χ0n) is 11.2. The fourth-order valence-corrected chi connectivity index (χ4v) is 3.38. The molecule has 1 amide bonds. The molecule has 4 nitrogen and oxygen atoms in total. The van der Waals surface area contributed by atoms with E-state index in [0.717, 1.165) is 24.8 Å². The van der Waals surface area contributed by atoms with Crippen molar-refractivity contribution in [2.24, 2.45) is 0 Å². The van der Waals surface area contributed by atoms with Gasteiger partial charge in [-0.2, -0.15) is 0 Å². The molecule has 2 aliphatic rings. The third kappa shape index (κ3) is 2.32. The minimum atomic E-state index is -0.158. The van der Waals surface area contributed by atoms with Gasteiger partial charge in [-0.1, -0.05) is 30.3 Å². The molecule has 2 aliphatic heterocycles. The number of hydrogen-bond acceptors (Lipinski definition) is 3. The molecular weight excluding hydrogens is 240 g/mol. The molecule has 0 radical (unpaired) electrons. The van der Waals surface area contributed by atoms with Crippen molar-refractivity contribution in [3.05, 3.63) is 35.9 Å². The number of ether oxygens (including phenoxy) is 1. The Bertz CT molecular complexity index is 449. The first-order valence-electron chi connectivity index (χ1n) is 6.96. The summed E-state index contributed by atoms with van der Waals surface area (Å²) in [5.74, 6) is 0. The van der Waals surface area contributed by atoms with Gasteiger partial charge in [-0.3, -0.25) is 0 Å². The van der Waals surface area contributed by atoms with Gasteiger partial charge in [0.15, 0.2) is 0 Å². The minimum absolute atomic E-state index is 0.158. The summed E-state index contributed by atoms with van der Waals surface area (Å²) in [5, 5.41) is 3.30. The summed E-state index contributed by atoms with van der Waals surface area (Å²) >= 11 is 0. The Kier molecular flexibility index (Phi) is 3.42. The fraction of sp³-hybridized carbons (Fsp3) is 0.533. The molecule has 1 aromatic rings. The molecule has 4 heteroatoms. The van der Waals surface area contributed by atoms with Gasteiger partial charge in [0.1, 0.15) is 6.61 Å². The molecule has 1 aromatic carbocycles. The number of benzene rings is 1. The van der Waals surface area contributed by atoms with Crippen LogP contribution >= 0.6 is 0 Å². The van der Waals surface area contributed by atoms with Gasteiger partial charge in [0.2, 0.25) is 0 Å². The summed E-state index contributed by atoms with van der Waals surface area (Å²) in [6.45, 7) is 0.361. The van der Waals surface area contributed by atoms with Gasteiger partial charge in [-0.25, -0.2) is 4.79 Å². The molecule has 3 rings (SSSR count). The van der Waals surface area contributed by atoms with Gasteiger partial charge in [-0.05, 0) is 31.9 Å². The Morgan fingerprint density at radius 2 is 2.16 bits per heavy atom. The summed E-state index contributed by atoms with van der Waals surface area (Å²) in [4.78, 5) is 14.2. The maximum absolute atomic E-state index is 12.2. The SMILES string of the molecule is CNC1CC2CCC1N2C(=O)OCc1ccccc1. The lowest BCUT2D eigenvalue weighted by molar-refractivity contribution is 0.0897. The van der Waals surface area contributed by atoms with Crippen LogP contribution in [0.15, 0.2) is 30.3 Å². The van der Waals surface area contributed by atoms with Crippen LogP contribution in [0.5, 0.6) is 0 Å². The predicted molar refractivity (Wildman–Crippen MR) is 72.7 cm³/mol. The molecule has 3 atom stereocenters. The molecule has 19 heavy (non-hydrogen) atoms. The highest BCUT2D eigenvalue weighted by Gasteiger charge is 2.48. The van der Waals surface area contributed by atoms with E-state index in [0.29, 0.717) is 24.7 Å². The van der Waals surface area contributed by atoms with Gasteiger partial charge >= 0.3 is 6.09 Å². The smallest absolute Gasteiger partial charge is 0.410 e. The Balaban J connectivity index is 1.59. The largest absolute Gasteiger partial charge is 0.445 e. The van der Waals surface area contributed by atoms with Gasteiger partial charge in [0.25, 0.3) is 0 Å². The van der Waals surface area contributed by atoms with Crippen LogP contribution in [0.1, 0.15) is 24.8 Å². The van der Waals surface area contributed by atoms with Crippen molar-refractivity contribution in [3.8, 4) is 0 Å². The summed E-state index contributed by atoms with van der Waals surface area (Å²) in [5.41, 5.74) is 1.03. The van der Waals surface area contributed by atoms with Gasteiger partial charge in [-0.15, -0.1) is 0 Å². The number of nitrogens with one attached hydrogen (secondary N) is 1. The molecule has 2 heterocycles. The van der Waals surface area contributed by atoms with E-state index < -0.39 is 0 Å². The Morgan fingerprint density at radius 1 is 1.37 bits per heavy atom. The van der Waals surface area contributed by atoms with E-state index in [1.165, 1.54) is 0 Å². The second-order valence-electron chi connectivity index (χ2n) is 5.38. The molecule has 0 aromatic heterocycles. The van der Waals surface area contributed by atoms with Crippen LogP contribution in [0.2, 0.25) is 0 Å². The Hall–Kier alpha value is -1.55. The summed E-state index contributed by atoms with van der Waals surface area (Å²) in [6, 6.07) is 10.9. The number of fused-ring (bicyclic) bond motifs is 2. The molecule has 102 valence electrons. The van der Waals surface area contributed by atoms with E-state index in [4.69, 9.17) is 4.74 Å². The predicted octanol–water partition coefficient (Wildman–Crippen LogP) is 2.15. The summed E-state index contributed by atoms with van der Waals surface area (Å²) in [7, 11) is 1.97. The van der Waals surface area contributed by atoms with Crippen molar-refractivity contribution >= 4 is 6.09 Å². The number of rotatable bonds is 3. The average Bonchev–Trinajstić information content (AvgIpc) is 3.03. The first-order valence-corrected chi connectivity index (χ1v) is 6.96. The van der Waals surface area contributed by atoms with Crippen molar-refractivity contribution in [1.82, 2.24) is 10.2 Å². The standard InChI is InChI=1S/C15H20N2O2/c1-16-13-9-12-7-8-14(13)17(12)15(18)19-10-11-5-3-2-4-6-11/h2-6,12-14,16H,7-10H2,1H3. The molecular formula is C15H20N2O2. The number of carbonyl (C=O) groups is 1. The van der Waals surface area contributed by atoms with E-state index in [-0.39, 0.29) is 6.09 Å². The lowest BCUT2D eigenvalue weighted by atomic mass is 9.96. The van der Waals surface area contributed by atoms with Crippen LogP contribution in [-0.4, -0.2) is 36.2 Å². The van der Waals surface area contributed by atoms with E-state index in [2.05, 4.69) is 5.32 Å². The number of nitrogens with zero attached hydrogens (tertiary/aromatic N) is 1. The van der Waals surface area contributed by atoms with Crippen LogP contribution in [0.3, 0.4) is 0 Å². The van der Waals surface area contributed by atoms with Gasteiger partial charge in [0.05, 0.1) is 6.04 Å². The molecule has 2 saturated heterocycles. The number of amides is 1. The number of hydrogen-bond donors (Lipinski definition) is 1. The van der Waals surface area contributed by atoms with Crippen molar-refractivity contribution in [2.75, 3.05) is 7.05 Å². The lowest BCUT2D eigenvalue weighted by Crippen LogP contribution is -2.41. The molecule has 1 N–H and O–H groups in total. The van der Waals surface area contributed by atoms with Gasteiger partial charge in [0, 0.05) is 12.1 Å². The van der Waals surface area contributed by atoms with Crippen molar-refractivity contribution in [3.63, 3.8) is 0 Å². The Morgan fingerprint density at radius 3 is 2.84 bits per heavy atom. The van der Waals surface area contributed by atoms with Crippen LogP contribution in [0.4, 0.5) is 4.79 Å². The molecule has 2 bridgehead atoms. The number of likely N-dealkylation sites (N-methyl/N-ethyl adjacent to an activating group) is 1. The van der Waals surface area contributed by atoms with Crippen molar-refractivity contribution < 1.29 is 9.53 Å². The van der Waals surface area contributed by atoms with E-state index >= 15 is 0 Å². The highest BCUT2D eigenvalue weighted by atomic mass is 16.6. The quantitative estimate of drug-likeness (QED) is 0.905. The molecule has 2 fully saturated rings. The first kappa shape index (κ1) is 12.5. The second-order valence-corrected chi connectivity index (χ2v) is 5.38. The van der Waals surface area contributed by atoms with Crippen LogP contribution in [0, 0.1) is 0 Å². The van der Waals surface area contributed by atoms with Crippen molar-refractivity contribution in [1.29, 1.82) is 0 Å². The van der Waals surface area contributed by atoms with E-state index in [9.17, 15) is 4.79 Å². The normalized spacial score (nSPS) is 28.7. The van der Waals surface area contributed by atoms with Crippen LogP contribution in [0.25, 0.3) is 0 Å². The molecule has 0 aliphatic carbocycles.